The van der Waals surface area contributed by atoms with Gasteiger partial charge in [-0.15, -0.1) is 6.58 Å². The first-order valence-corrected chi connectivity index (χ1v) is 5.58. The second-order valence-electron chi connectivity index (χ2n) is 4.18. The Hall–Kier alpha value is -1.91. The third kappa shape index (κ3) is 4.95. The highest BCUT2D eigenvalue weighted by Gasteiger charge is 2.36. The van der Waals surface area contributed by atoms with Crippen LogP contribution in [0.15, 0.2) is 37.0 Å². The molecule has 0 bridgehead atoms. The number of ether oxygens (including phenoxy) is 1. The third-order valence-corrected chi connectivity index (χ3v) is 2.61. The molecule has 0 heterocycles. The van der Waals surface area contributed by atoms with E-state index >= 15 is 0 Å². The lowest BCUT2D eigenvalue weighted by Crippen LogP contribution is -2.35. The first kappa shape index (κ1) is 16.1. The number of carbonyl (C=O) groups is 1. The summed E-state index contributed by atoms with van der Waals surface area (Å²) in [5.74, 6) is -0.541. The van der Waals surface area contributed by atoms with Gasteiger partial charge < -0.3 is 4.74 Å². The molecule has 5 nitrogen and oxygen atoms in total. The molecule has 0 radical (unpaired) electrons. The first-order chi connectivity index (χ1) is 8.39. The fourth-order valence-corrected chi connectivity index (χ4v) is 1.47. The van der Waals surface area contributed by atoms with Crippen molar-refractivity contribution < 1.29 is 14.5 Å². The zero-order valence-corrected chi connectivity index (χ0v) is 10.8. The fourth-order valence-electron chi connectivity index (χ4n) is 1.47. The van der Waals surface area contributed by atoms with Crippen molar-refractivity contribution in [2.24, 2.45) is 0 Å². The molecule has 0 saturated heterocycles. The minimum Gasteiger partial charge on any atom is -0.458 e. The van der Waals surface area contributed by atoms with Crippen molar-refractivity contribution in [2.45, 2.75) is 32.2 Å². The smallest absolute Gasteiger partial charge is 0.330 e. The van der Waals surface area contributed by atoms with E-state index in [-0.39, 0.29) is 24.4 Å². The Labute approximate surface area is 107 Å². The zero-order valence-electron chi connectivity index (χ0n) is 10.8. The summed E-state index contributed by atoms with van der Waals surface area (Å²) in [7, 11) is 0. The van der Waals surface area contributed by atoms with E-state index in [4.69, 9.17) is 4.74 Å². The molecule has 0 aliphatic heterocycles. The molecule has 5 heteroatoms. The molecule has 0 spiro atoms. The Kier molecular flexibility index (Phi) is 6.63. The van der Waals surface area contributed by atoms with Gasteiger partial charge in [0.05, 0.1) is 0 Å². The van der Waals surface area contributed by atoms with Crippen molar-refractivity contribution in [1.82, 2.24) is 0 Å². The molecule has 0 amide bonds. The number of nitrogens with zero attached hydrogens (tertiary/aromatic N) is 1. The quantitative estimate of drug-likeness (QED) is 0.219. The summed E-state index contributed by atoms with van der Waals surface area (Å²) < 4.78 is 4.87. The highest BCUT2D eigenvalue weighted by molar-refractivity contribution is 5.81. The van der Waals surface area contributed by atoms with E-state index in [0.717, 1.165) is 6.08 Å². The molecule has 1 atom stereocenters. The molecule has 18 heavy (non-hydrogen) atoms. The summed E-state index contributed by atoms with van der Waals surface area (Å²) in [6, 6.07) is 0. The molecule has 0 aliphatic rings. The lowest BCUT2D eigenvalue weighted by molar-refractivity contribution is -0.564. The van der Waals surface area contributed by atoms with Crippen LogP contribution in [0.4, 0.5) is 0 Å². The number of rotatable bonds is 8. The number of nitro groups is 1. The maximum Gasteiger partial charge on any atom is 0.330 e. The van der Waals surface area contributed by atoms with Gasteiger partial charge in [0, 0.05) is 30.8 Å². The summed E-state index contributed by atoms with van der Waals surface area (Å²) in [6.45, 7) is 10.2. The monoisotopic (exact) mass is 253 g/mol. The second kappa shape index (κ2) is 7.42. The predicted octanol–water partition coefficient (Wildman–Crippen LogP) is 2.66. The van der Waals surface area contributed by atoms with Gasteiger partial charge in [-0.3, -0.25) is 10.1 Å². The first-order valence-electron chi connectivity index (χ1n) is 5.58. The van der Waals surface area contributed by atoms with Gasteiger partial charge in [-0.2, -0.15) is 0 Å². The molecule has 0 fully saturated rings. The highest BCUT2D eigenvalue weighted by Crippen LogP contribution is 2.24. The number of esters is 1. The van der Waals surface area contributed by atoms with E-state index in [9.17, 15) is 14.9 Å². The Morgan fingerprint density at radius 2 is 2.11 bits per heavy atom. The van der Waals surface area contributed by atoms with E-state index in [0.29, 0.717) is 5.57 Å². The van der Waals surface area contributed by atoms with Crippen LogP contribution in [-0.2, 0) is 9.53 Å². The molecule has 0 aromatic carbocycles. The molecular formula is C13H19NO4. The molecule has 100 valence electrons. The number of hydrogen-bond donors (Lipinski definition) is 0. The molecule has 0 aromatic rings. The van der Waals surface area contributed by atoms with Gasteiger partial charge in [-0.1, -0.05) is 18.7 Å². The van der Waals surface area contributed by atoms with Crippen molar-refractivity contribution >= 4 is 5.97 Å². The Bertz CT molecular complexity index is 373. The van der Waals surface area contributed by atoms with E-state index in [2.05, 4.69) is 13.2 Å². The van der Waals surface area contributed by atoms with Crippen molar-refractivity contribution in [1.29, 1.82) is 0 Å². The lowest BCUT2D eigenvalue weighted by atomic mass is 9.90. The average Bonchev–Trinajstić information content (AvgIpc) is 2.34. The predicted molar refractivity (Wildman–Crippen MR) is 69.7 cm³/mol. The van der Waals surface area contributed by atoms with Crippen molar-refractivity contribution in [2.75, 3.05) is 6.61 Å². The van der Waals surface area contributed by atoms with E-state index in [1.165, 1.54) is 6.08 Å². The van der Waals surface area contributed by atoms with Crippen LogP contribution in [0.2, 0.25) is 0 Å². The van der Waals surface area contributed by atoms with Crippen LogP contribution in [0, 0.1) is 10.1 Å². The average molecular weight is 253 g/mol. The second-order valence-corrected chi connectivity index (χ2v) is 4.18. The molecule has 0 aliphatic carbocycles. The fraction of sp³-hybridized carbons (Fsp3) is 0.462. The van der Waals surface area contributed by atoms with Gasteiger partial charge in [0.25, 0.3) is 0 Å². The summed E-state index contributed by atoms with van der Waals surface area (Å²) in [5, 5.41) is 11.1. The van der Waals surface area contributed by atoms with Crippen LogP contribution in [0.1, 0.15) is 26.7 Å². The highest BCUT2D eigenvalue weighted by atomic mass is 16.6. The SMILES string of the molecule is C=CCC(C)(C/C(=C\C)COC(=O)C=C)[N+](=O)[O-]. The number of allylic oxidation sites excluding steroid dienone is 1. The number of carbonyl (C=O) groups excluding carboxylic acids is 1. The summed E-state index contributed by atoms with van der Waals surface area (Å²) >= 11 is 0. The van der Waals surface area contributed by atoms with E-state index < -0.39 is 11.5 Å². The standard InChI is InChI=1S/C13H19NO4/c1-5-8-13(4,14(16)17)9-11(6-2)10-18-12(15)7-3/h5-7H,1,3,8-10H2,2,4H3/b11-6+. The maximum atomic E-state index is 11.1. The van der Waals surface area contributed by atoms with Crippen LogP contribution in [0.5, 0.6) is 0 Å². The van der Waals surface area contributed by atoms with E-state index in [1.54, 1.807) is 19.9 Å². The molecule has 1 unspecified atom stereocenters. The van der Waals surface area contributed by atoms with Gasteiger partial charge in [-0.25, -0.2) is 4.79 Å². The maximum absolute atomic E-state index is 11.1. The Morgan fingerprint density at radius 3 is 2.50 bits per heavy atom. The largest absolute Gasteiger partial charge is 0.458 e. The normalized spacial score (nSPS) is 14.4. The minimum absolute atomic E-state index is 0.0436. The Balaban J connectivity index is 4.68. The minimum atomic E-state index is -1.12. The van der Waals surface area contributed by atoms with Crippen LogP contribution in [-0.4, -0.2) is 23.0 Å². The summed E-state index contributed by atoms with van der Waals surface area (Å²) in [5.41, 5.74) is -0.421. The lowest BCUT2D eigenvalue weighted by Gasteiger charge is -2.20. The van der Waals surface area contributed by atoms with Gasteiger partial charge in [-0.05, 0) is 12.5 Å². The Morgan fingerprint density at radius 1 is 1.50 bits per heavy atom. The summed E-state index contributed by atoms with van der Waals surface area (Å²) in [4.78, 5) is 21.7. The van der Waals surface area contributed by atoms with Crippen LogP contribution < -0.4 is 0 Å². The summed E-state index contributed by atoms with van der Waals surface area (Å²) in [6.07, 6.45) is 4.77. The van der Waals surface area contributed by atoms with Gasteiger partial charge in [0.1, 0.15) is 6.61 Å². The van der Waals surface area contributed by atoms with Gasteiger partial charge in [0.15, 0.2) is 0 Å². The molecule has 0 saturated carbocycles. The van der Waals surface area contributed by atoms with Crippen molar-refractivity contribution in [3.8, 4) is 0 Å². The zero-order chi connectivity index (χ0) is 14.2. The van der Waals surface area contributed by atoms with Crippen molar-refractivity contribution in [3.63, 3.8) is 0 Å². The van der Waals surface area contributed by atoms with Crippen molar-refractivity contribution in [3.05, 3.63) is 47.1 Å². The van der Waals surface area contributed by atoms with Gasteiger partial charge >= 0.3 is 5.97 Å². The third-order valence-electron chi connectivity index (χ3n) is 2.61. The molecule has 0 N–H and O–H groups in total. The number of hydrogen-bond acceptors (Lipinski definition) is 4. The topological polar surface area (TPSA) is 69.4 Å². The molecule has 0 rings (SSSR count). The molecular weight excluding hydrogens is 234 g/mol. The van der Waals surface area contributed by atoms with Crippen LogP contribution in [0.3, 0.4) is 0 Å². The van der Waals surface area contributed by atoms with E-state index in [1.807, 2.05) is 0 Å². The van der Waals surface area contributed by atoms with Gasteiger partial charge in [0.2, 0.25) is 5.54 Å². The molecule has 0 aromatic heterocycles. The van der Waals surface area contributed by atoms with Crippen LogP contribution >= 0.6 is 0 Å². The van der Waals surface area contributed by atoms with Crippen LogP contribution in [0.25, 0.3) is 0 Å².